The maximum atomic E-state index is 12.8. The number of carbonyl (C=O) groups excluding carboxylic acids is 1. The van der Waals surface area contributed by atoms with Crippen molar-refractivity contribution in [2.24, 2.45) is 0 Å². The third kappa shape index (κ3) is 5.19. The molecule has 0 atom stereocenters. The molecule has 3 rings (SSSR count). The Morgan fingerprint density at radius 3 is 2.60 bits per heavy atom. The Morgan fingerprint density at radius 2 is 1.76 bits per heavy atom. The van der Waals surface area contributed by atoms with E-state index < -0.39 is 0 Å². The largest absolute Gasteiger partial charge is 0.454 e. The molecule has 1 aliphatic rings. The van der Waals surface area contributed by atoms with Crippen molar-refractivity contribution in [3.8, 4) is 11.5 Å². The molecule has 1 amide bonds. The van der Waals surface area contributed by atoms with Gasteiger partial charge in [0.15, 0.2) is 11.5 Å². The monoisotopic (exact) mass is 344 g/mol. The molecule has 0 saturated heterocycles. The van der Waals surface area contributed by atoms with Crippen LogP contribution in [-0.4, -0.2) is 25.8 Å². The van der Waals surface area contributed by atoms with E-state index in [4.69, 9.17) is 9.47 Å². The fraction of sp³-hybridized carbons (Fsp3) is 0.316. The number of ether oxygens (including phenoxy) is 2. The van der Waals surface area contributed by atoms with Crippen LogP contribution in [0.25, 0.3) is 0 Å². The number of benzene rings is 2. The second-order valence-corrected chi connectivity index (χ2v) is 5.84. The van der Waals surface area contributed by atoms with Crippen molar-refractivity contribution in [3.63, 3.8) is 0 Å². The van der Waals surface area contributed by atoms with Crippen LogP contribution >= 0.6 is 0 Å². The standard InChI is InChI=1S/C19H21FN2O3/c20-16-4-1-14(2-5-16)7-9-21-10-8-19(23)22-12-15-3-6-17-18(11-15)25-13-24-17/h1-6,11,21H,7-10,12-13H2,(H,22,23). The lowest BCUT2D eigenvalue weighted by Crippen LogP contribution is -2.28. The molecule has 25 heavy (non-hydrogen) atoms. The normalized spacial score (nSPS) is 12.2. The van der Waals surface area contributed by atoms with Gasteiger partial charge in [0.25, 0.3) is 0 Å². The summed E-state index contributed by atoms with van der Waals surface area (Å²) in [4.78, 5) is 11.9. The first-order valence-electron chi connectivity index (χ1n) is 8.31. The lowest BCUT2D eigenvalue weighted by molar-refractivity contribution is -0.121. The molecule has 0 unspecified atom stereocenters. The molecule has 0 saturated carbocycles. The van der Waals surface area contributed by atoms with Gasteiger partial charge in [-0.05, 0) is 48.4 Å². The molecule has 132 valence electrons. The summed E-state index contributed by atoms with van der Waals surface area (Å²) in [6.07, 6.45) is 1.22. The SMILES string of the molecule is O=C(CCNCCc1ccc(F)cc1)NCc1ccc2c(c1)OCO2. The van der Waals surface area contributed by atoms with E-state index >= 15 is 0 Å². The maximum Gasteiger partial charge on any atom is 0.231 e. The lowest BCUT2D eigenvalue weighted by Gasteiger charge is -2.07. The highest BCUT2D eigenvalue weighted by atomic mass is 19.1. The molecule has 2 N–H and O–H groups in total. The average molecular weight is 344 g/mol. The van der Waals surface area contributed by atoms with Crippen LogP contribution in [0.4, 0.5) is 4.39 Å². The fourth-order valence-corrected chi connectivity index (χ4v) is 2.55. The number of halogens is 1. The van der Waals surface area contributed by atoms with Crippen LogP contribution in [-0.2, 0) is 17.8 Å². The minimum absolute atomic E-state index is 0.00745. The van der Waals surface area contributed by atoms with E-state index in [1.807, 2.05) is 18.2 Å². The van der Waals surface area contributed by atoms with Gasteiger partial charge in [-0.15, -0.1) is 0 Å². The number of hydrogen-bond donors (Lipinski definition) is 2. The van der Waals surface area contributed by atoms with Gasteiger partial charge in [-0.25, -0.2) is 4.39 Å². The van der Waals surface area contributed by atoms with Crippen molar-refractivity contribution in [2.45, 2.75) is 19.4 Å². The molecule has 0 spiro atoms. The van der Waals surface area contributed by atoms with E-state index in [0.717, 1.165) is 29.8 Å². The first-order valence-corrected chi connectivity index (χ1v) is 8.31. The second kappa shape index (κ2) is 8.48. The van der Waals surface area contributed by atoms with Gasteiger partial charge in [0.05, 0.1) is 0 Å². The number of carbonyl (C=O) groups is 1. The van der Waals surface area contributed by atoms with Crippen LogP contribution in [0.2, 0.25) is 0 Å². The smallest absolute Gasteiger partial charge is 0.231 e. The van der Waals surface area contributed by atoms with Crippen LogP contribution in [0.3, 0.4) is 0 Å². The molecule has 2 aromatic carbocycles. The summed E-state index contributed by atoms with van der Waals surface area (Å²) in [6.45, 7) is 2.06. The van der Waals surface area contributed by atoms with Gasteiger partial charge < -0.3 is 20.1 Å². The fourth-order valence-electron chi connectivity index (χ4n) is 2.55. The number of rotatable bonds is 8. The molecule has 0 aliphatic carbocycles. The average Bonchev–Trinajstić information content (AvgIpc) is 3.09. The first kappa shape index (κ1) is 17.2. The van der Waals surface area contributed by atoms with Gasteiger partial charge in [-0.3, -0.25) is 4.79 Å². The Kier molecular flexibility index (Phi) is 5.85. The molecule has 0 aromatic heterocycles. The number of nitrogens with one attached hydrogen (secondary N) is 2. The lowest BCUT2D eigenvalue weighted by atomic mass is 10.1. The van der Waals surface area contributed by atoms with E-state index in [2.05, 4.69) is 10.6 Å². The molecule has 6 heteroatoms. The maximum absolute atomic E-state index is 12.8. The molecule has 0 bridgehead atoms. The van der Waals surface area contributed by atoms with Crippen molar-refractivity contribution < 1.29 is 18.7 Å². The zero-order valence-electron chi connectivity index (χ0n) is 13.9. The summed E-state index contributed by atoms with van der Waals surface area (Å²) in [7, 11) is 0. The van der Waals surface area contributed by atoms with Gasteiger partial charge >= 0.3 is 0 Å². The van der Waals surface area contributed by atoms with Crippen LogP contribution in [0.1, 0.15) is 17.5 Å². The van der Waals surface area contributed by atoms with E-state index in [9.17, 15) is 9.18 Å². The minimum atomic E-state index is -0.226. The van der Waals surface area contributed by atoms with Gasteiger partial charge in [0, 0.05) is 19.5 Å². The Hall–Kier alpha value is -2.60. The summed E-state index contributed by atoms with van der Waals surface area (Å²) in [5.41, 5.74) is 2.04. The molecular weight excluding hydrogens is 323 g/mol. The van der Waals surface area contributed by atoms with Crippen molar-refractivity contribution in [3.05, 3.63) is 59.4 Å². The summed E-state index contributed by atoms with van der Waals surface area (Å²) < 4.78 is 23.4. The van der Waals surface area contributed by atoms with Crippen LogP contribution in [0.15, 0.2) is 42.5 Å². The van der Waals surface area contributed by atoms with Crippen molar-refractivity contribution >= 4 is 5.91 Å². The molecule has 0 radical (unpaired) electrons. The summed E-state index contributed by atoms with van der Waals surface area (Å²) in [5.74, 6) is 1.22. The van der Waals surface area contributed by atoms with Gasteiger partial charge in [0.1, 0.15) is 5.82 Å². The first-order chi connectivity index (χ1) is 12.2. The number of amides is 1. The Bertz CT molecular complexity index is 719. The summed E-state index contributed by atoms with van der Waals surface area (Å²) in [5, 5.41) is 6.11. The third-order valence-corrected chi connectivity index (χ3v) is 3.96. The van der Waals surface area contributed by atoms with Crippen molar-refractivity contribution in [2.75, 3.05) is 19.9 Å². The third-order valence-electron chi connectivity index (χ3n) is 3.96. The van der Waals surface area contributed by atoms with Gasteiger partial charge in [0.2, 0.25) is 12.7 Å². The van der Waals surface area contributed by atoms with Gasteiger partial charge in [-0.1, -0.05) is 18.2 Å². The molecule has 1 aliphatic heterocycles. The predicted octanol–water partition coefficient (Wildman–Crippen LogP) is 2.39. The van der Waals surface area contributed by atoms with Crippen molar-refractivity contribution in [1.29, 1.82) is 0 Å². The summed E-state index contributed by atoms with van der Waals surface area (Å²) >= 11 is 0. The highest BCUT2D eigenvalue weighted by Gasteiger charge is 2.13. The molecule has 1 heterocycles. The van der Waals surface area contributed by atoms with E-state index in [1.54, 1.807) is 12.1 Å². The number of fused-ring (bicyclic) bond motifs is 1. The Morgan fingerprint density at radius 1 is 1.00 bits per heavy atom. The Balaban J connectivity index is 1.30. The van der Waals surface area contributed by atoms with Crippen molar-refractivity contribution in [1.82, 2.24) is 10.6 Å². The van der Waals surface area contributed by atoms with E-state index in [0.29, 0.717) is 25.3 Å². The molecule has 2 aromatic rings. The highest BCUT2D eigenvalue weighted by molar-refractivity contribution is 5.76. The second-order valence-electron chi connectivity index (χ2n) is 5.84. The molecule has 5 nitrogen and oxygen atoms in total. The number of hydrogen-bond acceptors (Lipinski definition) is 4. The molecule has 0 fully saturated rings. The van der Waals surface area contributed by atoms with Crippen LogP contribution < -0.4 is 20.1 Å². The predicted molar refractivity (Wildman–Crippen MR) is 92.0 cm³/mol. The highest BCUT2D eigenvalue weighted by Crippen LogP contribution is 2.32. The zero-order chi connectivity index (χ0) is 17.5. The van der Waals surface area contributed by atoms with Gasteiger partial charge in [-0.2, -0.15) is 0 Å². The minimum Gasteiger partial charge on any atom is -0.454 e. The summed E-state index contributed by atoms with van der Waals surface area (Å²) in [6, 6.07) is 12.1. The van der Waals surface area contributed by atoms with Crippen LogP contribution in [0.5, 0.6) is 11.5 Å². The van der Waals surface area contributed by atoms with E-state index in [1.165, 1.54) is 12.1 Å². The van der Waals surface area contributed by atoms with E-state index in [-0.39, 0.29) is 18.5 Å². The molecular formula is C19H21FN2O3. The Labute approximate surface area is 146 Å². The van der Waals surface area contributed by atoms with Crippen LogP contribution in [0, 0.1) is 5.82 Å². The topological polar surface area (TPSA) is 59.6 Å². The quantitative estimate of drug-likeness (QED) is 0.722. The zero-order valence-corrected chi connectivity index (χ0v) is 13.9.